The molecule has 0 spiro atoms. The highest BCUT2D eigenvalue weighted by Crippen LogP contribution is 2.27. The minimum atomic E-state index is -0.00527. The number of nitrogens with zero attached hydrogens (tertiary/aromatic N) is 2. The fourth-order valence-electron chi connectivity index (χ4n) is 2.19. The molecule has 1 amide bonds. The molecule has 5 heteroatoms. The van der Waals surface area contributed by atoms with Crippen LogP contribution < -0.4 is 5.32 Å². The molecule has 0 aliphatic carbocycles. The van der Waals surface area contributed by atoms with E-state index in [4.69, 9.17) is 0 Å². The van der Waals surface area contributed by atoms with Crippen LogP contribution in [0.3, 0.4) is 0 Å². The van der Waals surface area contributed by atoms with E-state index in [1.54, 1.807) is 11.3 Å². The molecule has 1 aliphatic heterocycles. The quantitative estimate of drug-likeness (QED) is 0.833. The van der Waals surface area contributed by atoms with Crippen LogP contribution in [0.5, 0.6) is 0 Å². The predicted octanol–water partition coefficient (Wildman–Crippen LogP) is 1.66. The van der Waals surface area contributed by atoms with Crippen molar-refractivity contribution in [1.82, 2.24) is 15.2 Å². The van der Waals surface area contributed by atoms with Crippen molar-refractivity contribution < 1.29 is 4.79 Å². The van der Waals surface area contributed by atoms with E-state index in [2.05, 4.69) is 16.4 Å². The van der Waals surface area contributed by atoms with Crippen LogP contribution in [0.1, 0.15) is 16.7 Å². The first kappa shape index (κ1) is 10.7. The third-order valence-electron chi connectivity index (χ3n) is 2.97. The van der Waals surface area contributed by atoms with Crippen LogP contribution in [-0.2, 0) is 4.79 Å². The van der Waals surface area contributed by atoms with Crippen molar-refractivity contribution in [1.29, 1.82) is 0 Å². The summed E-state index contributed by atoms with van der Waals surface area (Å²) in [5.74, 6) is 0.0816. The summed E-state index contributed by atoms with van der Waals surface area (Å²) in [5, 5.41) is 4.03. The standard InChI is InChI=1S/C12H13N3OS/c1-7-13-9-4-3-8(5-10(9)17-7)12-14-11(16)6-15(12)2/h3-5,12H,6H2,1-2H3,(H,14,16). The van der Waals surface area contributed by atoms with Crippen molar-refractivity contribution in [3.05, 3.63) is 28.8 Å². The maximum atomic E-state index is 11.3. The van der Waals surface area contributed by atoms with Gasteiger partial charge in [0.05, 0.1) is 21.8 Å². The first-order valence-electron chi connectivity index (χ1n) is 5.50. The largest absolute Gasteiger partial charge is 0.335 e. The van der Waals surface area contributed by atoms with E-state index in [0.29, 0.717) is 6.54 Å². The number of amides is 1. The lowest BCUT2D eigenvalue weighted by atomic mass is 10.1. The number of aryl methyl sites for hydroxylation is 1. The highest BCUT2D eigenvalue weighted by molar-refractivity contribution is 7.18. The third kappa shape index (κ3) is 1.81. The molecule has 1 saturated heterocycles. The molecule has 1 N–H and O–H groups in total. The summed E-state index contributed by atoms with van der Waals surface area (Å²) >= 11 is 1.68. The van der Waals surface area contributed by atoms with Crippen LogP contribution in [0.2, 0.25) is 0 Å². The summed E-state index contributed by atoms with van der Waals surface area (Å²) in [5.41, 5.74) is 2.15. The Morgan fingerprint density at radius 2 is 2.35 bits per heavy atom. The van der Waals surface area contributed by atoms with Crippen molar-refractivity contribution in [3.63, 3.8) is 0 Å². The molecular weight excluding hydrogens is 234 g/mol. The molecule has 1 aromatic carbocycles. The van der Waals surface area contributed by atoms with E-state index in [1.165, 1.54) is 4.70 Å². The Bertz CT molecular complexity index is 592. The topological polar surface area (TPSA) is 45.2 Å². The van der Waals surface area contributed by atoms with Crippen LogP contribution in [0.25, 0.3) is 10.2 Å². The van der Waals surface area contributed by atoms with E-state index >= 15 is 0 Å². The van der Waals surface area contributed by atoms with Gasteiger partial charge in [-0.1, -0.05) is 6.07 Å². The number of aromatic nitrogens is 1. The lowest BCUT2D eigenvalue weighted by Gasteiger charge is -2.18. The Labute approximate surface area is 103 Å². The SMILES string of the molecule is Cc1nc2ccc(C3NC(=O)CN3C)cc2s1. The first-order valence-corrected chi connectivity index (χ1v) is 6.32. The van der Waals surface area contributed by atoms with E-state index in [0.717, 1.165) is 16.1 Å². The fraction of sp³-hybridized carbons (Fsp3) is 0.333. The number of thiazole rings is 1. The zero-order chi connectivity index (χ0) is 12.0. The number of carbonyl (C=O) groups is 1. The minimum absolute atomic E-state index is 0.00527. The molecule has 1 aromatic heterocycles. The van der Waals surface area contributed by atoms with Gasteiger partial charge in [0.2, 0.25) is 5.91 Å². The lowest BCUT2D eigenvalue weighted by Crippen LogP contribution is -2.24. The van der Waals surface area contributed by atoms with Crippen LogP contribution in [0, 0.1) is 6.92 Å². The molecule has 0 bridgehead atoms. The van der Waals surface area contributed by atoms with E-state index in [9.17, 15) is 4.79 Å². The lowest BCUT2D eigenvalue weighted by molar-refractivity contribution is -0.118. The number of hydrogen-bond donors (Lipinski definition) is 1. The second-order valence-corrected chi connectivity index (χ2v) is 5.58. The normalized spacial score (nSPS) is 21.1. The van der Waals surface area contributed by atoms with Crippen molar-refractivity contribution in [2.75, 3.05) is 13.6 Å². The summed E-state index contributed by atoms with van der Waals surface area (Å²) in [7, 11) is 1.95. The number of hydrogen-bond acceptors (Lipinski definition) is 4. The summed E-state index contributed by atoms with van der Waals surface area (Å²) in [6, 6.07) is 6.17. The highest BCUT2D eigenvalue weighted by Gasteiger charge is 2.27. The van der Waals surface area contributed by atoms with Gasteiger partial charge in [-0.15, -0.1) is 11.3 Å². The minimum Gasteiger partial charge on any atom is -0.335 e. The summed E-state index contributed by atoms with van der Waals surface area (Å²) < 4.78 is 1.18. The Hall–Kier alpha value is -1.46. The maximum absolute atomic E-state index is 11.3. The summed E-state index contributed by atoms with van der Waals surface area (Å²) in [6.45, 7) is 2.47. The molecule has 1 unspecified atom stereocenters. The number of rotatable bonds is 1. The monoisotopic (exact) mass is 247 g/mol. The van der Waals surface area contributed by atoms with Gasteiger partial charge in [-0.3, -0.25) is 9.69 Å². The zero-order valence-electron chi connectivity index (χ0n) is 9.73. The van der Waals surface area contributed by atoms with Crippen molar-refractivity contribution in [2.45, 2.75) is 13.1 Å². The second-order valence-electron chi connectivity index (χ2n) is 4.35. The van der Waals surface area contributed by atoms with Crippen LogP contribution in [0.4, 0.5) is 0 Å². The van der Waals surface area contributed by atoms with Gasteiger partial charge in [0.1, 0.15) is 6.17 Å². The average Bonchev–Trinajstić information content (AvgIpc) is 2.78. The van der Waals surface area contributed by atoms with E-state index in [-0.39, 0.29) is 12.1 Å². The summed E-state index contributed by atoms with van der Waals surface area (Å²) in [4.78, 5) is 17.8. The Morgan fingerprint density at radius 1 is 1.53 bits per heavy atom. The third-order valence-corrected chi connectivity index (χ3v) is 3.90. The molecule has 2 aromatic rings. The van der Waals surface area contributed by atoms with E-state index in [1.807, 2.05) is 31.0 Å². The Balaban J connectivity index is 2.02. The number of carbonyl (C=O) groups excluding carboxylic acids is 1. The van der Waals surface area contributed by atoms with Crippen molar-refractivity contribution >= 4 is 27.5 Å². The zero-order valence-corrected chi connectivity index (χ0v) is 10.5. The molecule has 88 valence electrons. The molecule has 4 nitrogen and oxygen atoms in total. The Morgan fingerprint density at radius 3 is 3.06 bits per heavy atom. The molecule has 3 rings (SSSR count). The van der Waals surface area contributed by atoms with Gasteiger partial charge in [-0.25, -0.2) is 4.98 Å². The molecule has 0 saturated carbocycles. The van der Waals surface area contributed by atoms with Gasteiger partial charge in [0.15, 0.2) is 0 Å². The summed E-state index contributed by atoms with van der Waals surface area (Å²) in [6.07, 6.45) is -0.00527. The highest BCUT2D eigenvalue weighted by atomic mass is 32.1. The molecule has 2 heterocycles. The van der Waals surface area contributed by atoms with Gasteiger partial charge < -0.3 is 5.32 Å². The van der Waals surface area contributed by atoms with Crippen molar-refractivity contribution in [3.8, 4) is 0 Å². The van der Waals surface area contributed by atoms with Crippen molar-refractivity contribution in [2.24, 2.45) is 0 Å². The van der Waals surface area contributed by atoms with Gasteiger partial charge in [-0.2, -0.15) is 0 Å². The molecule has 1 aliphatic rings. The number of benzene rings is 1. The molecule has 1 fully saturated rings. The fourth-order valence-corrected chi connectivity index (χ4v) is 3.07. The predicted molar refractivity (Wildman–Crippen MR) is 67.9 cm³/mol. The first-order chi connectivity index (χ1) is 8.13. The van der Waals surface area contributed by atoms with Gasteiger partial charge in [0, 0.05) is 0 Å². The molecule has 0 radical (unpaired) electrons. The second kappa shape index (κ2) is 3.78. The van der Waals surface area contributed by atoms with Gasteiger partial charge in [0.25, 0.3) is 0 Å². The number of nitrogens with one attached hydrogen (secondary N) is 1. The van der Waals surface area contributed by atoms with Gasteiger partial charge >= 0.3 is 0 Å². The molecular formula is C12H13N3OS. The molecule has 17 heavy (non-hydrogen) atoms. The maximum Gasteiger partial charge on any atom is 0.235 e. The Kier molecular flexibility index (Phi) is 2.38. The number of fused-ring (bicyclic) bond motifs is 1. The smallest absolute Gasteiger partial charge is 0.235 e. The van der Waals surface area contributed by atoms with Crippen LogP contribution in [0.15, 0.2) is 18.2 Å². The van der Waals surface area contributed by atoms with Gasteiger partial charge in [-0.05, 0) is 31.7 Å². The average molecular weight is 247 g/mol. The number of likely N-dealkylation sites (N-methyl/N-ethyl adjacent to an activating group) is 1. The molecule has 1 atom stereocenters. The van der Waals surface area contributed by atoms with Crippen LogP contribution in [-0.4, -0.2) is 29.4 Å². The van der Waals surface area contributed by atoms with E-state index < -0.39 is 0 Å². The van der Waals surface area contributed by atoms with Crippen LogP contribution >= 0.6 is 11.3 Å².